The standard InChI is InChI=1S/C18H17N3O5/c1-21(2)18(25)11-6-3-7-12(15(11)22)20-14-13(16(23)17(14)24)19-9-10-5-4-8-26-10/h3-8,19-20,22H,9H2,1-2H3. The average Bonchev–Trinajstić information content (AvgIpc) is 3.14. The third-order valence-corrected chi connectivity index (χ3v) is 3.86. The molecule has 0 aliphatic rings. The number of furan rings is 1. The second kappa shape index (κ2) is 6.75. The Kier molecular flexibility index (Phi) is 4.49. The Bertz CT molecular complexity index is 1010. The largest absolute Gasteiger partial charge is 0.505 e. The number of rotatable bonds is 6. The Morgan fingerprint density at radius 2 is 1.85 bits per heavy atom. The fraction of sp³-hybridized carbons (Fsp3) is 0.167. The van der Waals surface area contributed by atoms with Crippen LogP contribution in [0.25, 0.3) is 0 Å². The van der Waals surface area contributed by atoms with Gasteiger partial charge in [0, 0.05) is 14.1 Å². The first kappa shape index (κ1) is 17.3. The minimum Gasteiger partial charge on any atom is -0.505 e. The van der Waals surface area contributed by atoms with Gasteiger partial charge < -0.3 is 25.1 Å². The van der Waals surface area contributed by atoms with E-state index in [9.17, 15) is 19.5 Å². The number of amides is 1. The Labute approximate surface area is 148 Å². The minimum atomic E-state index is -0.698. The van der Waals surface area contributed by atoms with Crippen molar-refractivity contribution >= 4 is 23.0 Å². The molecule has 0 atom stereocenters. The maximum absolute atomic E-state index is 12.1. The lowest BCUT2D eigenvalue weighted by atomic mass is 10.1. The summed E-state index contributed by atoms with van der Waals surface area (Å²) >= 11 is 0. The van der Waals surface area contributed by atoms with Crippen LogP contribution in [-0.2, 0) is 6.54 Å². The van der Waals surface area contributed by atoms with Crippen molar-refractivity contribution in [1.82, 2.24) is 4.90 Å². The summed E-state index contributed by atoms with van der Waals surface area (Å²) in [5.74, 6) is -0.0750. The third kappa shape index (κ3) is 3.04. The van der Waals surface area contributed by atoms with Crippen molar-refractivity contribution in [1.29, 1.82) is 0 Å². The van der Waals surface area contributed by atoms with E-state index in [1.807, 2.05) is 0 Å². The van der Waals surface area contributed by atoms with E-state index in [4.69, 9.17) is 4.42 Å². The fourth-order valence-corrected chi connectivity index (χ4v) is 2.46. The number of aromatic hydroxyl groups is 1. The molecule has 0 radical (unpaired) electrons. The summed E-state index contributed by atoms with van der Waals surface area (Å²) in [5, 5.41) is 15.9. The second-order valence-corrected chi connectivity index (χ2v) is 5.87. The van der Waals surface area contributed by atoms with Gasteiger partial charge in [-0.25, -0.2) is 0 Å². The maximum Gasteiger partial charge on any atom is 0.257 e. The van der Waals surface area contributed by atoms with E-state index in [0.717, 1.165) is 0 Å². The van der Waals surface area contributed by atoms with Crippen molar-refractivity contribution in [2.24, 2.45) is 0 Å². The summed E-state index contributed by atoms with van der Waals surface area (Å²) in [6.07, 6.45) is 1.50. The lowest BCUT2D eigenvalue weighted by molar-refractivity contribution is 0.0824. The number of carbonyl (C=O) groups is 1. The van der Waals surface area contributed by atoms with E-state index in [1.165, 1.54) is 23.3 Å². The fourth-order valence-electron chi connectivity index (χ4n) is 2.46. The van der Waals surface area contributed by atoms with Crippen LogP contribution in [0.3, 0.4) is 0 Å². The zero-order chi connectivity index (χ0) is 18.8. The van der Waals surface area contributed by atoms with Crippen LogP contribution >= 0.6 is 0 Å². The molecule has 134 valence electrons. The number of hydrogen-bond donors (Lipinski definition) is 3. The SMILES string of the molecule is CN(C)C(=O)c1cccc(Nc2c(NCc3ccco3)c(=O)c2=O)c1O. The highest BCUT2D eigenvalue weighted by Gasteiger charge is 2.23. The van der Waals surface area contributed by atoms with Crippen LogP contribution in [0.5, 0.6) is 5.75 Å². The number of anilines is 3. The number of phenolic OH excluding ortho intramolecular Hbond substituents is 1. The van der Waals surface area contributed by atoms with Gasteiger partial charge in [-0.3, -0.25) is 14.4 Å². The van der Waals surface area contributed by atoms with E-state index in [0.29, 0.717) is 5.76 Å². The number of nitrogens with zero attached hydrogens (tertiary/aromatic N) is 1. The first-order valence-corrected chi connectivity index (χ1v) is 7.80. The monoisotopic (exact) mass is 355 g/mol. The molecule has 1 aromatic heterocycles. The molecule has 0 saturated carbocycles. The molecule has 0 aliphatic carbocycles. The van der Waals surface area contributed by atoms with E-state index >= 15 is 0 Å². The Morgan fingerprint density at radius 1 is 1.12 bits per heavy atom. The molecule has 2 aromatic carbocycles. The highest BCUT2D eigenvalue weighted by molar-refractivity contribution is 5.99. The van der Waals surface area contributed by atoms with Crippen LogP contribution in [0.4, 0.5) is 17.1 Å². The van der Waals surface area contributed by atoms with E-state index < -0.39 is 10.9 Å². The van der Waals surface area contributed by atoms with E-state index in [1.54, 1.807) is 32.3 Å². The first-order chi connectivity index (χ1) is 12.4. The van der Waals surface area contributed by atoms with Gasteiger partial charge in [-0.2, -0.15) is 0 Å². The van der Waals surface area contributed by atoms with Crippen molar-refractivity contribution in [3.63, 3.8) is 0 Å². The predicted octanol–water partition coefficient (Wildman–Crippen LogP) is 1.64. The summed E-state index contributed by atoms with van der Waals surface area (Å²) in [4.78, 5) is 37.1. The highest BCUT2D eigenvalue weighted by atomic mass is 16.3. The molecular weight excluding hydrogens is 338 g/mol. The minimum absolute atomic E-state index is 0.0336. The van der Waals surface area contributed by atoms with Gasteiger partial charge in [-0.15, -0.1) is 0 Å². The first-order valence-electron chi connectivity index (χ1n) is 7.80. The van der Waals surface area contributed by atoms with Crippen LogP contribution < -0.4 is 21.5 Å². The Morgan fingerprint density at radius 3 is 2.50 bits per heavy atom. The molecule has 0 spiro atoms. The van der Waals surface area contributed by atoms with Crippen molar-refractivity contribution in [3.8, 4) is 5.75 Å². The number of benzene rings is 1. The topological polar surface area (TPSA) is 112 Å². The van der Waals surface area contributed by atoms with Gasteiger partial charge in [-0.1, -0.05) is 6.07 Å². The molecular formula is C18H17N3O5. The zero-order valence-electron chi connectivity index (χ0n) is 14.2. The summed E-state index contributed by atoms with van der Waals surface area (Å²) in [6.45, 7) is 0.234. The van der Waals surface area contributed by atoms with Crippen LogP contribution in [-0.4, -0.2) is 30.0 Å². The lowest BCUT2D eigenvalue weighted by Crippen LogP contribution is -2.36. The van der Waals surface area contributed by atoms with Crippen molar-refractivity contribution in [3.05, 3.63) is 68.4 Å². The molecule has 26 heavy (non-hydrogen) atoms. The number of hydrogen-bond acceptors (Lipinski definition) is 7. The van der Waals surface area contributed by atoms with E-state index in [-0.39, 0.29) is 40.8 Å². The maximum atomic E-state index is 12.1. The molecule has 0 aliphatic heterocycles. The number of para-hydroxylation sites is 1. The van der Waals surface area contributed by atoms with Gasteiger partial charge in [0.1, 0.15) is 17.1 Å². The molecule has 0 unspecified atom stereocenters. The number of carbonyl (C=O) groups excluding carboxylic acids is 1. The summed E-state index contributed by atoms with van der Waals surface area (Å²) in [5.41, 5.74) is -0.967. The smallest absolute Gasteiger partial charge is 0.257 e. The molecule has 3 N–H and O–H groups in total. The summed E-state index contributed by atoms with van der Waals surface area (Å²) in [6, 6.07) is 7.99. The second-order valence-electron chi connectivity index (χ2n) is 5.87. The van der Waals surface area contributed by atoms with Crippen molar-refractivity contribution in [2.45, 2.75) is 6.54 Å². The molecule has 0 bridgehead atoms. The predicted molar refractivity (Wildman–Crippen MR) is 96.8 cm³/mol. The van der Waals surface area contributed by atoms with Gasteiger partial charge in [0.15, 0.2) is 5.75 Å². The van der Waals surface area contributed by atoms with Gasteiger partial charge in [-0.05, 0) is 24.3 Å². The number of nitrogens with one attached hydrogen (secondary N) is 2. The molecule has 1 amide bonds. The van der Waals surface area contributed by atoms with Crippen LogP contribution in [0, 0.1) is 0 Å². The van der Waals surface area contributed by atoms with Gasteiger partial charge >= 0.3 is 0 Å². The molecule has 0 fully saturated rings. The zero-order valence-corrected chi connectivity index (χ0v) is 14.2. The average molecular weight is 355 g/mol. The van der Waals surface area contributed by atoms with Crippen molar-refractivity contribution < 1.29 is 14.3 Å². The molecule has 0 saturated heterocycles. The van der Waals surface area contributed by atoms with Gasteiger partial charge in [0.2, 0.25) is 0 Å². The van der Waals surface area contributed by atoms with Crippen LogP contribution in [0.1, 0.15) is 16.1 Å². The normalized spacial score (nSPS) is 10.7. The molecule has 1 heterocycles. The summed E-state index contributed by atoms with van der Waals surface area (Å²) < 4.78 is 5.17. The van der Waals surface area contributed by atoms with E-state index in [2.05, 4.69) is 10.6 Å². The van der Waals surface area contributed by atoms with Crippen LogP contribution in [0.15, 0.2) is 50.6 Å². The van der Waals surface area contributed by atoms with Gasteiger partial charge in [0.05, 0.1) is 24.1 Å². The molecule has 8 nitrogen and oxygen atoms in total. The molecule has 8 heteroatoms. The molecule has 3 aromatic rings. The number of phenols is 1. The molecule has 3 rings (SSSR count). The van der Waals surface area contributed by atoms with Gasteiger partial charge in [0.25, 0.3) is 16.8 Å². The van der Waals surface area contributed by atoms with Crippen LogP contribution in [0.2, 0.25) is 0 Å². The quantitative estimate of drug-likeness (QED) is 0.455. The highest BCUT2D eigenvalue weighted by Crippen LogP contribution is 2.32. The third-order valence-electron chi connectivity index (χ3n) is 3.86. The summed E-state index contributed by atoms with van der Waals surface area (Å²) in [7, 11) is 3.13. The Hall–Kier alpha value is -3.55. The Balaban J connectivity index is 1.85. The lowest BCUT2D eigenvalue weighted by Gasteiger charge is -2.17. The van der Waals surface area contributed by atoms with Crippen molar-refractivity contribution in [2.75, 3.05) is 24.7 Å².